The summed E-state index contributed by atoms with van der Waals surface area (Å²) >= 11 is 0. The van der Waals surface area contributed by atoms with Crippen molar-refractivity contribution in [3.8, 4) is 5.75 Å². The maximum Gasteiger partial charge on any atom is 0.235 e. The van der Waals surface area contributed by atoms with Crippen LogP contribution >= 0.6 is 0 Å². The van der Waals surface area contributed by atoms with E-state index in [4.69, 9.17) is 4.74 Å². The number of amides is 1. The average molecular weight is 355 g/mol. The Kier molecular flexibility index (Phi) is 4.71. The first kappa shape index (κ1) is 18.0. The first-order valence-electron chi connectivity index (χ1n) is 8.55. The molecule has 7 nitrogen and oxygen atoms in total. The summed E-state index contributed by atoms with van der Waals surface area (Å²) in [4.78, 5) is 25.7. The minimum Gasteiger partial charge on any atom is -0.496 e. The molecule has 138 valence electrons. The second-order valence-corrected chi connectivity index (χ2v) is 6.93. The smallest absolute Gasteiger partial charge is 0.235 e. The minimum atomic E-state index is -0.545. The lowest BCUT2D eigenvalue weighted by Crippen LogP contribution is -2.29. The van der Waals surface area contributed by atoms with Crippen LogP contribution in [0.5, 0.6) is 5.75 Å². The second-order valence-electron chi connectivity index (χ2n) is 6.93. The van der Waals surface area contributed by atoms with Crippen molar-refractivity contribution in [2.75, 3.05) is 50.4 Å². The molecule has 26 heavy (non-hydrogen) atoms. The van der Waals surface area contributed by atoms with E-state index in [0.29, 0.717) is 17.5 Å². The van der Waals surface area contributed by atoms with Crippen LogP contribution < -0.4 is 19.9 Å². The number of methoxy groups -OCH3 is 1. The minimum absolute atomic E-state index is 0.0497. The van der Waals surface area contributed by atoms with E-state index in [1.54, 1.807) is 13.3 Å². The van der Waals surface area contributed by atoms with Crippen molar-refractivity contribution in [3.63, 3.8) is 0 Å². The van der Waals surface area contributed by atoms with Gasteiger partial charge in [0, 0.05) is 33.8 Å². The summed E-state index contributed by atoms with van der Waals surface area (Å²) in [6.45, 7) is 0. The van der Waals surface area contributed by atoms with Gasteiger partial charge in [-0.05, 0) is 18.9 Å². The van der Waals surface area contributed by atoms with Crippen LogP contribution in [0.3, 0.4) is 0 Å². The lowest BCUT2D eigenvalue weighted by Gasteiger charge is -2.22. The predicted octanol–water partition coefficient (Wildman–Crippen LogP) is 2.29. The van der Waals surface area contributed by atoms with Crippen molar-refractivity contribution in [1.29, 1.82) is 0 Å². The molecule has 1 saturated carbocycles. The summed E-state index contributed by atoms with van der Waals surface area (Å²) in [7, 11) is 9.18. The van der Waals surface area contributed by atoms with Gasteiger partial charge in [0.05, 0.1) is 18.7 Å². The Hall–Kier alpha value is -2.83. The van der Waals surface area contributed by atoms with Crippen molar-refractivity contribution in [2.45, 2.75) is 18.3 Å². The molecule has 0 spiro atoms. The summed E-state index contributed by atoms with van der Waals surface area (Å²) in [6, 6.07) is 7.70. The van der Waals surface area contributed by atoms with Crippen LogP contribution in [0.15, 0.2) is 30.5 Å². The second kappa shape index (κ2) is 6.82. The molecule has 1 amide bonds. The molecule has 3 rings (SSSR count). The van der Waals surface area contributed by atoms with Gasteiger partial charge in [0.2, 0.25) is 11.9 Å². The summed E-state index contributed by atoms with van der Waals surface area (Å²) in [6.07, 6.45) is 3.26. The Labute approximate surface area is 154 Å². The van der Waals surface area contributed by atoms with Gasteiger partial charge in [-0.2, -0.15) is 4.98 Å². The number of para-hydroxylation sites is 1. The normalized spacial score (nSPS) is 14.5. The van der Waals surface area contributed by atoms with Gasteiger partial charge < -0.3 is 19.9 Å². The van der Waals surface area contributed by atoms with E-state index in [2.05, 4.69) is 15.3 Å². The van der Waals surface area contributed by atoms with Gasteiger partial charge in [0.1, 0.15) is 11.4 Å². The van der Waals surface area contributed by atoms with Gasteiger partial charge in [-0.15, -0.1) is 0 Å². The van der Waals surface area contributed by atoms with Gasteiger partial charge in [0.25, 0.3) is 0 Å². The van der Waals surface area contributed by atoms with Crippen molar-refractivity contribution >= 4 is 23.4 Å². The molecule has 1 N–H and O–H groups in total. The number of hydrogen-bond acceptors (Lipinski definition) is 6. The third-order valence-electron chi connectivity index (χ3n) is 4.63. The standard InChI is InChI=1S/C19H25N5O2/c1-23(2)16-14(12-20-18(22-16)24(3)4)21-17(25)19(10-11-19)13-8-6-7-9-15(13)26-5/h6-9,12H,10-11H2,1-5H3,(H,21,25). The molecular formula is C19H25N5O2. The van der Waals surface area contributed by atoms with Gasteiger partial charge in [-0.3, -0.25) is 4.79 Å². The van der Waals surface area contributed by atoms with Gasteiger partial charge in [-0.25, -0.2) is 4.98 Å². The monoisotopic (exact) mass is 355 g/mol. The highest BCUT2D eigenvalue weighted by atomic mass is 16.5. The van der Waals surface area contributed by atoms with Gasteiger partial charge in [-0.1, -0.05) is 18.2 Å². The Bertz CT molecular complexity index is 815. The highest BCUT2D eigenvalue weighted by molar-refractivity contribution is 6.03. The molecule has 1 aromatic heterocycles. The molecule has 1 aliphatic carbocycles. The fourth-order valence-electron chi connectivity index (χ4n) is 3.03. The van der Waals surface area contributed by atoms with Crippen LogP contribution in [0.4, 0.5) is 17.5 Å². The van der Waals surface area contributed by atoms with Crippen LogP contribution in [0, 0.1) is 0 Å². The molecule has 1 aliphatic rings. The number of aromatic nitrogens is 2. The number of carbonyl (C=O) groups is 1. The van der Waals surface area contributed by atoms with Crippen LogP contribution in [-0.4, -0.2) is 51.2 Å². The van der Waals surface area contributed by atoms with E-state index in [9.17, 15) is 4.79 Å². The SMILES string of the molecule is COc1ccccc1C1(C(=O)Nc2cnc(N(C)C)nc2N(C)C)CC1. The molecule has 2 aromatic rings. The van der Waals surface area contributed by atoms with Gasteiger partial charge in [0.15, 0.2) is 5.82 Å². The quantitative estimate of drug-likeness (QED) is 0.857. The number of ether oxygens (including phenoxy) is 1. The fourth-order valence-corrected chi connectivity index (χ4v) is 3.03. The lowest BCUT2D eigenvalue weighted by atomic mass is 9.94. The maximum atomic E-state index is 13.1. The molecule has 0 aliphatic heterocycles. The number of hydrogen-bond donors (Lipinski definition) is 1. The van der Waals surface area contributed by atoms with Crippen LogP contribution in [0.2, 0.25) is 0 Å². The number of carbonyl (C=O) groups excluding carboxylic acids is 1. The largest absolute Gasteiger partial charge is 0.496 e. The topological polar surface area (TPSA) is 70.6 Å². The summed E-state index contributed by atoms with van der Waals surface area (Å²) in [5, 5.41) is 3.03. The zero-order chi connectivity index (χ0) is 18.9. The first-order chi connectivity index (χ1) is 12.4. The first-order valence-corrected chi connectivity index (χ1v) is 8.55. The number of benzene rings is 1. The number of nitrogens with one attached hydrogen (secondary N) is 1. The Morgan fingerprint density at radius 2 is 1.85 bits per heavy atom. The summed E-state index contributed by atoms with van der Waals surface area (Å²) in [5.74, 6) is 1.96. The average Bonchev–Trinajstić information content (AvgIpc) is 3.43. The number of rotatable bonds is 6. The van der Waals surface area contributed by atoms with Gasteiger partial charge >= 0.3 is 0 Å². The molecule has 1 heterocycles. The van der Waals surface area contributed by atoms with E-state index in [1.807, 2.05) is 62.3 Å². The highest BCUT2D eigenvalue weighted by Gasteiger charge is 2.53. The zero-order valence-corrected chi connectivity index (χ0v) is 15.9. The zero-order valence-electron chi connectivity index (χ0n) is 15.9. The molecule has 7 heteroatoms. The third-order valence-corrected chi connectivity index (χ3v) is 4.63. The molecule has 0 atom stereocenters. The third kappa shape index (κ3) is 3.16. The highest BCUT2D eigenvalue weighted by Crippen LogP contribution is 2.52. The Morgan fingerprint density at radius 1 is 1.15 bits per heavy atom. The van der Waals surface area contributed by atoms with E-state index in [-0.39, 0.29) is 5.91 Å². The van der Waals surface area contributed by atoms with Crippen LogP contribution in [0.25, 0.3) is 0 Å². The Balaban J connectivity index is 1.91. The molecule has 0 radical (unpaired) electrons. The molecule has 1 aromatic carbocycles. The van der Waals surface area contributed by atoms with E-state index >= 15 is 0 Å². The Morgan fingerprint density at radius 3 is 2.42 bits per heavy atom. The summed E-state index contributed by atoms with van der Waals surface area (Å²) in [5.41, 5.74) is 0.986. The summed E-state index contributed by atoms with van der Waals surface area (Å²) < 4.78 is 5.46. The molecule has 0 saturated heterocycles. The van der Waals surface area contributed by atoms with Crippen LogP contribution in [0.1, 0.15) is 18.4 Å². The predicted molar refractivity (Wildman–Crippen MR) is 103 cm³/mol. The van der Waals surface area contributed by atoms with Crippen LogP contribution in [-0.2, 0) is 10.2 Å². The molecule has 0 unspecified atom stereocenters. The molecule has 0 bridgehead atoms. The van der Waals surface area contributed by atoms with E-state index < -0.39 is 5.41 Å². The maximum absolute atomic E-state index is 13.1. The fraction of sp³-hybridized carbons (Fsp3) is 0.421. The van der Waals surface area contributed by atoms with E-state index in [0.717, 1.165) is 24.2 Å². The van der Waals surface area contributed by atoms with Crippen molar-refractivity contribution in [3.05, 3.63) is 36.0 Å². The van der Waals surface area contributed by atoms with Crippen molar-refractivity contribution < 1.29 is 9.53 Å². The molecular weight excluding hydrogens is 330 g/mol. The van der Waals surface area contributed by atoms with Crippen molar-refractivity contribution in [2.24, 2.45) is 0 Å². The number of anilines is 3. The van der Waals surface area contributed by atoms with E-state index in [1.165, 1.54) is 0 Å². The number of nitrogens with zero attached hydrogens (tertiary/aromatic N) is 4. The molecule has 1 fully saturated rings. The van der Waals surface area contributed by atoms with Crippen molar-refractivity contribution in [1.82, 2.24) is 9.97 Å². The lowest BCUT2D eigenvalue weighted by molar-refractivity contribution is -0.118.